The van der Waals surface area contributed by atoms with E-state index in [1.807, 2.05) is 54.3 Å². The number of fused-ring (bicyclic) bond motifs is 1. The van der Waals surface area contributed by atoms with E-state index in [1.54, 1.807) is 6.92 Å². The Kier molecular flexibility index (Phi) is 5.20. The van der Waals surface area contributed by atoms with Crippen LogP contribution in [0.4, 0.5) is 10.8 Å². The van der Waals surface area contributed by atoms with Crippen LogP contribution in [0.5, 0.6) is 0 Å². The van der Waals surface area contributed by atoms with Crippen molar-refractivity contribution >= 4 is 34.0 Å². The summed E-state index contributed by atoms with van der Waals surface area (Å²) < 4.78 is 0. The Bertz CT molecular complexity index is 1070. The molecule has 1 aliphatic rings. The van der Waals surface area contributed by atoms with Crippen LogP contribution >= 0.6 is 11.3 Å². The fraction of sp³-hybridized carbons (Fsp3) is 0.261. The van der Waals surface area contributed by atoms with Crippen LogP contribution in [0.3, 0.4) is 0 Å². The van der Waals surface area contributed by atoms with Crippen LogP contribution in [0, 0.1) is 6.92 Å². The van der Waals surface area contributed by atoms with Gasteiger partial charge in [0.25, 0.3) is 0 Å². The number of rotatable bonds is 4. The van der Waals surface area contributed by atoms with Gasteiger partial charge >= 0.3 is 0 Å². The lowest BCUT2D eigenvalue weighted by molar-refractivity contribution is -0.117. The maximum absolute atomic E-state index is 12.3. The van der Waals surface area contributed by atoms with Gasteiger partial charge in [-0.3, -0.25) is 9.59 Å². The maximum Gasteiger partial charge on any atom is 0.230 e. The van der Waals surface area contributed by atoms with Crippen molar-refractivity contribution in [2.75, 3.05) is 10.2 Å². The second-order valence-electron chi connectivity index (χ2n) is 7.42. The zero-order chi connectivity index (χ0) is 20.5. The smallest absolute Gasteiger partial charge is 0.230 e. The van der Waals surface area contributed by atoms with E-state index in [1.165, 1.54) is 11.3 Å². The standard InChI is InChI=1S/C23H23N3O2S/c1-14-11-19-13-18(9-10-20(19)26(14)16(3)27)22-15(2)29-23(25-22)24-21(28)12-17-7-5-4-6-8-17/h4-10,13-14H,11-12H2,1-3H3,(H,24,25,28)/t14-/m0/s1. The third kappa shape index (κ3) is 3.93. The zero-order valence-electron chi connectivity index (χ0n) is 16.7. The summed E-state index contributed by atoms with van der Waals surface area (Å²) in [4.78, 5) is 31.9. The molecule has 1 aromatic heterocycles. The summed E-state index contributed by atoms with van der Waals surface area (Å²) in [5, 5.41) is 3.53. The molecule has 1 atom stereocenters. The lowest BCUT2D eigenvalue weighted by Gasteiger charge is -2.20. The molecule has 4 rings (SSSR count). The predicted octanol–water partition coefficient (Wildman–Crippen LogP) is 4.60. The summed E-state index contributed by atoms with van der Waals surface area (Å²) in [6, 6.07) is 16.0. The molecule has 5 nitrogen and oxygen atoms in total. The van der Waals surface area contributed by atoms with E-state index in [0.717, 1.165) is 39.4 Å². The average Bonchev–Trinajstić information content (AvgIpc) is 3.20. The van der Waals surface area contributed by atoms with Crippen LogP contribution in [0.25, 0.3) is 11.3 Å². The van der Waals surface area contributed by atoms with Gasteiger partial charge in [0, 0.05) is 29.1 Å². The first-order chi connectivity index (χ1) is 13.9. The number of aryl methyl sites for hydroxylation is 1. The Morgan fingerprint density at radius 1 is 1.21 bits per heavy atom. The second kappa shape index (κ2) is 7.79. The van der Waals surface area contributed by atoms with Crippen LogP contribution in [0.1, 0.15) is 29.9 Å². The first-order valence-electron chi connectivity index (χ1n) is 9.66. The normalized spacial score (nSPS) is 15.3. The minimum atomic E-state index is -0.0728. The molecule has 1 N–H and O–H groups in total. The summed E-state index contributed by atoms with van der Waals surface area (Å²) in [7, 11) is 0. The number of carbonyl (C=O) groups excluding carboxylic acids is 2. The molecule has 0 radical (unpaired) electrons. The van der Waals surface area contributed by atoms with E-state index < -0.39 is 0 Å². The number of hydrogen-bond acceptors (Lipinski definition) is 4. The number of amides is 2. The van der Waals surface area contributed by atoms with E-state index in [4.69, 9.17) is 0 Å². The fourth-order valence-corrected chi connectivity index (χ4v) is 4.77. The third-order valence-electron chi connectivity index (χ3n) is 5.16. The van der Waals surface area contributed by atoms with Crippen molar-refractivity contribution in [2.24, 2.45) is 0 Å². The summed E-state index contributed by atoms with van der Waals surface area (Å²) in [5.74, 6) is -0.00590. The minimum absolute atomic E-state index is 0.0669. The molecule has 0 spiro atoms. The molecule has 0 unspecified atom stereocenters. The van der Waals surface area contributed by atoms with Gasteiger partial charge in [-0.05, 0) is 43.5 Å². The van der Waals surface area contributed by atoms with E-state index >= 15 is 0 Å². The van der Waals surface area contributed by atoms with Crippen molar-refractivity contribution in [1.82, 2.24) is 4.98 Å². The number of benzene rings is 2. The molecule has 0 saturated carbocycles. The molecule has 0 fully saturated rings. The van der Waals surface area contributed by atoms with Gasteiger partial charge in [-0.2, -0.15) is 0 Å². The van der Waals surface area contributed by atoms with Gasteiger partial charge in [0.15, 0.2) is 5.13 Å². The number of nitrogens with one attached hydrogen (secondary N) is 1. The summed E-state index contributed by atoms with van der Waals surface area (Å²) >= 11 is 1.48. The van der Waals surface area contributed by atoms with Gasteiger partial charge in [0.1, 0.15) is 0 Å². The predicted molar refractivity (Wildman–Crippen MR) is 117 cm³/mol. The number of hydrogen-bond donors (Lipinski definition) is 1. The number of aromatic nitrogens is 1. The molecule has 3 aromatic rings. The van der Waals surface area contributed by atoms with E-state index in [-0.39, 0.29) is 17.9 Å². The lowest BCUT2D eigenvalue weighted by atomic mass is 10.0. The molecule has 1 aliphatic heterocycles. The molecule has 2 aromatic carbocycles. The van der Waals surface area contributed by atoms with E-state index in [9.17, 15) is 9.59 Å². The Labute approximate surface area is 174 Å². The Hall–Kier alpha value is -2.99. The van der Waals surface area contributed by atoms with Crippen LogP contribution in [0.15, 0.2) is 48.5 Å². The second-order valence-corrected chi connectivity index (χ2v) is 8.62. The van der Waals surface area contributed by atoms with Crippen LogP contribution < -0.4 is 10.2 Å². The number of carbonyl (C=O) groups is 2. The molecule has 2 heterocycles. The molecule has 2 amide bonds. The SMILES string of the molecule is CC(=O)N1c2ccc(-c3nc(NC(=O)Cc4ccccc4)sc3C)cc2C[C@@H]1C. The third-order valence-corrected chi connectivity index (χ3v) is 6.04. The minimum Gasteiger partial charge on any atom is -0.309 e. The quantitative estimate of drug-likeness (QED) is 0.690. The van der Waals surface area contributed by atoms with Gasteiger partial charge in [0.2, 0.25) is 11.8 Å². The fourth-order valence-electron chi connectivity index (χ4n) is 3.92. The number of nitrogens with zero attached hydrogens (tertiary/aromatic N) is 2. The van der Waals surface area contributed by atoms with Crippen LogP contribution in [-0.2, 0) is 22.4 Å². The molecule has 29 heavy (non-hydrogen) atoms. The highest BCUT2D eigenvalue weighted by atomic mass is 32.1. The van der Waals surface area contributed by atoms with Crippen molar-refractivity contribution in [3.8, 4) is 11.3 Å². The molecule has 0 saturated heterocycles. The number of thiazole rings is 1. The highest BCUT2D eigenvalue weighted by Gasteiger charge is 2.29. The van der Waals surface area contributed by atoms with Crippen molar-refractivity contribution in [1.29, 1.82) is 0 Å². The maximum atomic E-state index is 12.3. The monoisotopic (exact) mass is 405 g/mol. The molecular weight excluding hydrogens is 382 g/mol. The van der Waals surface area contributed by atoms with Gasteiger partial charge in [-0.1, -0.05) is 36.4 Å². The van der Waals surface area contributed by atoms with Gasteiger partial charge < -0.3 is 10.2 Å². The molecule has 6 heteroatoms. The Morgan fingerprint density at radius 2 is 1.97 bits per heavy atom. The molecule has 0 bridgehead atoms. The zero-order valence-corrected chi connectivity index (χ0v) is 17.5. The highest BCUT2D eigenvalue weighted by molar-refractivity contribution is 7.16. The van der Waals surface area contributed by atoms with Crippen LogP contribution in [0.2, 0.25) is 0 Å². The largest absolute Gasteiger partial charge is 0.309 e. The van der Waals surface area contributed by atoms with Crippen molar-refractivity contribution in [3.05, 3.63) is 64.5 Å². The topological polar surface area (TPSA) is 62.3 Å². The van der Waals surface area contributed by atoms with Gasteiger partial charge in [0.05, 0.1) is 12.1 Å². The highest BCUT2D eigenvalue weighted by Crippen LogP contribution is 2.37. The van der Waals surface area contributed by atoms with Gasteiger partial charge in [-0.15, -0.1) is 11.3 Å². The summed E-state index contributed by atoms with van der Waals surface area (Å²) in [6.45, 7) is 5.68. The Balaban J connectivity index is 1.54. The van der Waals surface area contributed by atoms with E-state index in [2.05, 4.69) is 23.3 Å². The van der Waals surface area contributed by atoms with Crippen LogP contribution in [-0.4, -0.2) is 22.8 Å². The number of anilines is 2. The summed E-state index contributed by atoms with van der Waals surface area (Å²) in [5.41, 5.74) is 5.01. The molecule has 148 valence electrons. The van der Waals surface area contributed by atoms with Crippen molar-refractivity contribution in [2.45, 2.75) is 39.7 Å². The van der Waals surface area contributed by atoms with Crippen molar-refractivity contribution < 1.29 is 9.59 Å². The van der Waals surface area contributed by atoms with E-state index in [0.29, 0.717) is 11.6 Å². The summed E-state index contributed by atoms with van der Waals surface area (Å²) in [6.07, 6.45) is 1.17. The molecule has 0 aliphatic carbocycles. The average molecular weight is 406 g/mol. The Morgan fingerprint density at radius 3 is 2.69 bits per heavy atom. The lowest BCUT2D eigenvalue weighted by Crippen LogP contribution is -2.33. The first-order valence-corrected chi connectivity index (χ1v) is 10.5. The van der Waals surface area contributed by atoms with Gasteiger partial charge in [-0.25, -0.2) is 4.98 Å². The van der Waals surface area contributed by atoms with Crippen molar-refractivity contribution in [3.63, 3.8) is 0 Å². The first kappa shape index (κ1) is 19.3. The molecular formula is C23H23N3O2S.